The van der Waals surface area contributed by atoms with E-state index in [9.17, 15) is 5.11 Å². The third-order valence-electron chi connectivity index (χ3n) is 9.17. The fourth-order valence-corrected chi connectivity index (χ4v) is 8.28. The van der Waals surface area contributed by atoms with Crippen LogP contribution in [0.25, 0.3) is 55.1 Å². The van der Waals surface area contributed by atoms with E-state index in [1.165, 1.54) is 35.4 Å². The minimum absolute atomic E-state index is 0.0842. The maximum absolute atomic E-state index is 11.4. The molecule has 5 nitrogen and oxygen atoms in total. The molecular weight excluding hydrogens is 623 g/mol. The molecule has 0 saturated carbocycles. The molecule has 254 valence electrons. The van der Waals surface area contributed by atoms with E-state index in [1.54, 1.807) is 17.8 Å². The Morgan fingerprint density at radius 1 is 0.714 bits per heavy atom. The molecule has 0 spiro atoms. The van der Waals surface area contributed by atoms with Crippen LogP contribution in [0.2, 0.25) is 0 Å². The number of rotatable bonds is 12. The van der Waals surface area contributed by atoms with Crippen LogP contribution in [0.15, 0.2) is 90.1 Å². The Kier molecular flexibility index (Phi) is 10.2. The summed E-state index contributed by atoms with van der Waals surface area (Å²) in [6.45, 7) is 15.3. The zero-order chi connectivity index (χ0) is 34.8. The molecule has 1 N–H and O–H groups in total. The topological polar surface area (TPSA) is 68.1 Å². The summed E-state index contributed by atoms with van der Waals surface area (Å²) >= 11 is 1.69. The first kappa shape index (κ1) is 34.7. The fraction of sp³-hybridized carbons (Fsp3) is 0.372. The molecule has 0 aliphatic heterocycles. The van der Waals surface area contributed by atoms with Crippen LogP contribution in [0.1, 0.15) is 80.6 Å². The summed E-state index contributed by atoms with van der Waals surface area (Å²) in [5.74, 6) is 3.28. The van der Waals surface area contributed by atoms with Crippen molar-refractivity contribution in [3.8, 4) is 34.3 Å². The van der Waals surface area contributed by atoms with Crippen molar-refractivity contribution in [3.05, 3.63) is 84.9 Å². The van der Waals surface area contributed by atoms with Gasteiger partial charge in [0.05, 0.1) is 5.56 Å². The third kappa shape index (κ3) is 8.02. The van der Waals surface area contributed by atoms with E-state index in [4.69, 9.17) is 19.7 Å². The SMILES string of the molecule is CCCCC(CC)CSc1nc(-c2ccc(OC(C)(C)CC(C)(C)C)cc2O)nc(-c2cc3c4ccccc4ccc3c3ccccc23)n1. The van der Waals surface area contributed by atoms with Gasteiger partial charge >= 0.3 is 0 Å². The van der Waals surface area contributed by atoms with E-state index in [0.717, 1.165) is 40.3 Å². The second-order valence-corrected chi connectivity index (χ2v) is 16.1. The van der Waals surface area contributed by atoms with E-state index < -0.39 is 5.60 Å². The van der Waals surface area contributed by atoms with Gasteiger partial charge in [-0.1, -0.05) is 126 Å². The second kappa shape index (κ2) is 14.4. The Morgan fingerprint density at radius 3 is 2.08 bits per heavy atom. The molecule has 1 heterocycles. The third-order valence-corrected chi connectivity index (χ3v) is 10.3. The first-order valence-electron chi connectivity index (χ1n) is 17.7. The summed E-state index contributed by atoms with van der Waals surface area (Å²) in [7, 11) is 0. The second-order valence-electron chi connectivity index (χ2n) is 15.1. The lowest BCUT2D eigenvalue weighted by molar-refractivity contribution is 0.0620. The van der Waals surface area contributed by atoms with Gasteiger partial charge in [0.15, 0.2) is 16.8 Å². The number of hydrogen-bond donors (Lipinski definition) is 1. The highest BCUT2D eigenvalue weighted by molar-refractivity contribution is 7.99. The van der Waals surface area contributed by atoms with Crippen molar-refractivity contribution in [2.75, 3.05) is 5.75 Å². The number of fused-ring (bicyclic) bond motifs is 5. The highest BCUT2D eigenvalue weighted by Crippen LogP contribution is 2.40. The lowest BCUT2D eigenvalue weighted by Gasteiger charge is -2.33. The van der Waals surface area contributed by atoms with Gasteiger partial charge in [0.1, 0.15) is 17.1 Å². The van der Waals surface area contributed by atoms with E-state index in [1.807, 2.05) is 12.1 Å². The highest BCUT2D eigenvalue weighted by atomic mass is 32.2. The molecule has 6 heteroatoms. The summed E-state index contributed by atoms with van der Waals surface area (Å²) in [6.07, 6.45) is 5.59. The van der Waals surface area contributed by atoms with Gasteiger partial charge in [-0.15, -0.1) is 0 Å². The number of ether oxygens (including phenoxy) is 1. The Bertz CT molecular complexity index is 2100. The molecular formula is C43H49N3O2S. The molecule has 0 saturated heterocycles. The number of hydrogen-bond acceptors (Lipinski definition) is 6. The molecule has 5 aromatic carbocycles. The molecule has 1 atom stereocenters. The zero-order valence-corrected chi connectivity index (χ0v) is 30.8. The molecule has 0 aliphatic rings. The number of phenols is 1. The highest BCUT2D eigenvalue weighted by Gasteiger charge is 2.28. The molecule has 1 aromatic heterocycles. The van der Waals surface area contributed by atoms with Crippen LogP contribution in [-0.4, -0.2) is 31.4 Å². The van der Waals surface area contributed by atoms with Gasteiger partial charge in [-0.05, 0) is 88.5 Å². The number of aromatic nitrogens is 3. The van der Waals surface area contributed by atoms with Crippen molar-refractivity contribution in [1.82, 2.24) is 15.0 Å². The molecule has 0 radical (unpaired) electrons. The average Bonchev–Trinajstić information content (AvgIpc) is 3.06. The number of benzene rings is 5. The summed E-state index contributed by atoms with van der Waals surface area (Å²) in [5.41, 5.74) is 1.21. The van der Waals surface area contributed by atoms with Gasteiger partial charge in [0.2, 0.25) is 0 Å². The maximum Gasteiger partial charge on any atom is 0.191 e. The van der Waals surface area contributed by atoms with E-state index in [-0.39, 0.29) is 11.2 Å². The summed E-state index contributed by atoms with van der Waals surface area (Å²) in [6, 6.07) is 29.1. The largest absolute Gasteiger partial charge is 0.507 e. The Hall–Kier alpha value is -4.16. The van der Waals surface area contributed by atoms with Gasteiger partial charge in [-0.2, -0.15) is 0 Å². The predicted molar refractivity (Wildman–Crippen MR) is 208 cm³/mol. The van der Waals surface area contributed by atoms with Crippen molar-refractivity contribution in [3.63, 3.8) is 0 Å². The first-order valence-corrected chi connectivity index (χ1v) is 18.7. The summed E-state index contributed by atoms with van der Waals surface area (Å²) in [4.78, 5) is 15.2. The van der Waals surface area contributed by atoms with Crippen LogP contribution in [0, 0.1) is 11.3 Å². The predicted octanol–water partition coefficient (Wildman–Crippen LogP) is 12.3. The van der Waals surface area contributed by atoms with Crippen molar-refractivity contribution < 1.29 is 9.84 Å². The molecule has 0 fully saturated rings. The number of nitrogens with zero attached hydrogens (tertiary/aromatic N) is 3. The van der Waals surface area contributed by atoms with Crippen LogP contribution in [-0.2, 0) is 0 Å². The Labute approximate surface area is 295 Å². The quantitative estimate of drug-likeness (QED) is 0.103. The van der Waals surface area contributed by atoms with Crippen molar-refractivity contribution >= 4 is 44.1 Å². The Morgan fingerprint density at radius 2 is 1.39 bits per heavy atom. The number of aromatic hydroxyl groups is 1. The van der Waals surface area contributed by atoms with Gasteiger partial charge in [0.25, 0.3) is 0 Å². The van der Waals surface area contributed by atoms with Gasteiger partial charge in [0, 0.05) is 17.4 Å². The number of phenolic OH excluding ortho intramolecular Hbond substituents is 1. The van der Waals surface area contributed by atoms with E-state index in [2.05, 4.69) is 115 Å². The van der Waals surface area contributed by atoms with Crippen molar-refractivity contribution in [2.24, 2.45) is 11.3 Å². The van der Waals surface area contributed by atoms with Crippen LogP contribution in [0.3, 0.4) is 0 Å². The Balaban J connectivity index is 1.48. The lowest BCUT2D eigenvalue weighted by Crippen LogP contribution is -2.33. The van der Waals surface area contributed by atoms with Gasteiger partial charge in [-0.3, -0.25) is 0 Å². The average molecular weight is 672 g/mol. The first-order chi connectivity index (χ1) is 23.4. The zero-order valence-electron chi connectivity index (χ0n) is 30.0. The standard InChI is InChI=1S/C43H49N3O2S/c1-8-10-15-28(9-2)26-49-41-45-39(35-23-21-30(24-38(35)47)48-43(6,7)27-42(3,4)5)44-40(46-41)37-25-36-31-17-12-11-16-29(31)20-22-34(36)32-18-13-14-19-33(32)37/h11-14,16-25,28,47H,8-10,15,26-27H2,1-7H3. The van der Waals surface area contributed by atoms with Crippen molar-refractivity contribution in [1.29, 1.82) is 0 Å². The monoisotopic (exact) mass is 671 g/mol. The van der Waals surface area contributed by atoms with Gasteiger partial charge in [-0.25, -0.2) is 15.0 Å². The minimum atomic E-state index is -0.398. The molecule has 0 aliphatic carbocycles. The van der Waals surface area contributed by atoms with Crippen LogP contribution >= 0.6 is 11.8 Å². The summed E-state index contributed by atoms with van der Waals surface area (Å²) in [5, 5.41) is 19.1. The van der Waals surface area contributed by atoms with E-state index >= 15 is 0 Å². The fourth-order valence-electron chi connectivity index (χ4n) is 7.19. The molecule has 49 heavy (non-hydrogen) atoms. The molecule has 6 rings (SSSR count). The van der Waals surface area contributed by atoms with Crippen LogP contribution < -0.4 is 4.74 Å². The lowest BCUT2D eigenvalue weighted by atomic mass is 9.83. The minimum Gasteiger partial charge on any atom is -0.507 e. The molecule has 0 amide bonds. The molecule has 6 aromatic rings. The smallest absolute Gasteiger partial charge is 0.191 e. The van der Waals surface area contributed by atoms with Crippen LogP contribution in [0.4, 0.5) is 0 Å². The van der Waals surface area contributed by atoms with E-state index in [0.29, 0.717) is 34.0 Å². The normalized spacial score (nSPS) is 13.0. The maximum atomic E-state index is 11.4. The number of unbranched alkanes of at least 4 members (excludes halogenated alkanes) is 1. The number of thioether (sulfide) groups is 1. The summed E-state index contributed by atoms with van der Waals surface area (Å²) < 4.78 is 6.38. The van der Waals surface area contributed by atoms with Crippen molar-refractivity contribution in [2.45, 2.75) is 91.3 Å². The van der Waals surface area contributed by atoms with Gasteiger partial charge < -0.3 is 9.84 Å². The molecule has 1 unspecified atom stereocenters. The van der Waals surface area contributed by atoms with Crippen LogP contribution in [0.5, 0.6) is 11.5 Å². The molecule has 0 bridgehead atoms.